The normalized spacial score (nSPS) is 22.5. The van der Waals surface area contributed by atoms with Gasteiger partial charge in [0.2, 0.25) is 12.7 Å². The molecule has 0 spiro atoms. The van der Waals surface area contributed by atoms with Crippen LogP contribution in [0.3, 0.4) is 0 Å². The maximum Gasteiger partial charge on any atom is 0.269 e. The van der Waals surface area contributed by atoms with Gasteiger partial charge in [-0.15, -0.1) is 0 Å². The van der Waals surface area contributed by atoms with E-state index in [1.165, 1.54) is 5.57 Å². The van der Waals surface area contributed by atoms with E-state index in [9.17, 15) is 9.59 Å². The average Bonchev–Trinajstić information content (AvgIpc) is 2.88. The molecule has 6 nitrogen and oxygen atoms in total. The first-order valence-corrected chi connectivity index (χ1v) is 7.95. The Bertz CT molecular complexity index is 720. The van der Waals surface area contributed by atoms with Crippen molar-refractivity contribution in [3.63, 3.8) is 0 Å². The van der Waals surface area contributed by atoms with Crippen LogP contribution in [0.5, 0.6) is 11.5 Å². The molecule has 2 N–H and O–H groups in total. The van der Waals surface area contributed by atoms with E-state index in [0.29, 0.717) is 17.1 Å². The minimum atomic E-state index is -0.390. The molecule has 1 aliphatic carbocycles. The van der Waals surface area contributed by atoms with E-state index in [4.69, 9.17) is 9.47 Å². The molecule has 1 fully saturated rings. The van der Waals surface area contributed by atoms with Crippen LogP contribution in [0.2, 0.25) is 0 Å². The summed E-state index contributed by atoms with van der Waals surface area (Å²) < 4.78 is 10.5. The third-order valence-electron chi connectivity index (χ3n) is 4.64. The van der Waals surface area contributed by atoms with Crippen LogP contribution in [-0.2, 0) is 4.79 Å². The predicted molar refractivity (Wildman–Crippen MR) is 88.4 cm³/mol. The van der Waals surface area contributed by atoms with E-state index < -0.39 is 0 Å². The summed E-state index contributed by atoms with van der Waals surface area (Å²) in [6, 6.07) is 4.90. The number of hydrogen-bond donors (Lipinski definition) is 2. The predicted octanol–water partition coefficient (Wildman–Crippen LogP) is 2.41. The van der Waals surface area contributed by atoms with Crippen LogP contribution in [0, 0.1) is 17.3 Å². The number of benzene rings is 1. The highest BCUT2D eigenvalue weighted by molar-refractivity contribution is 5.96. The summed E-state index contributed by atoms with van der Waals surface area (Å²) in [6.45, 7) is 8.30. The fourth-order valence-electron chi connectivity index (χ4n) is 3.15. The fourth-order valence-corrected chi connectivity index (χ4v) is 3.15. The van der Waals surface area contributed by atoms with Crippen LogP contribution in [0.1, 0.15) is 38.1 Å². The quantitative estimate of drug-likeness (QED) is 0.659. The number of rotatable bonds is 3. The first kappa shape index (κ1) is 16.4. The number of allylic oxidation sites excluding steroid dienone is 2. The molecule has 1 aromatic carbocycles. The molecule has 1 saturated carbocycles. The molecule has 3 rings (SSSR count). The number of amides is 2. The van der Waals surface area contributed by atoms with E-state index >= 15 is 0 Å². The number of carbonyl (C=O) groups excluding carboxylic acids is 2. The summed E-state index contributed by atoms with van der Waals surface area (Å²) >= 11 is 0. The molecule has 2 atom stereocenters. The van der Waals surface area contributed by atoms with Crippen molar-refractivity contribution in [3.8, 4) is 11.5 Å². The van der Waals surface area contributed by atoms with Gasteiger partial charge >= 0.3 is 0 Å². The zero-order valence-electron chi connectivity index (χ0n) is 14.3. The van der Waals surface area contributed by atoms with Crippen molar-refractivity contribution in [2.24, 2.45) is 17.3 Å². The standard InChI is InChI=1S/C18H22N2O4/c1-10(2)7-12-15(18(12,3)4)17(22)20-19-16(21)11-5-6-13-14(8-11)24-9-23-13/h5-8,12,15H,9H2,1-4H3,(H,19,21)(H,20,22). The number of hydrazine groups is 1. The van der Waals surface area contributed by atoms with Gasteiger partial charge in [-0.3, -0.25) is 20.4 Å². The fraction of sp³-hybridized carbons (Fsp3) is 0.444. The van der Waals surface area contributed by atoms with Crippen molar-refractivity contribution in [2.45, 2.75) is 27.7 Å². The monoisotopic (exact) mass is 330 g/mol. The molecular formula is C18H22N2O4. The molecule has 1 aliphatic heterocycles. The van der Waals surface area contributed by atoms with Crippen molar-refractivity contribution < 1.29 is 19.1 Å². The molecule has 0 bridgehead atoms. The van der Waals surface area contributed by atoms with Gasteiger partial charge < -0.3 is 9.47 Å². The largest absolute Gasteiger partial charge is 0.454 e. The molecule has 128 valence electrons. The lowest BCUT2D eigenvalue weighted by Crippen LogP contribution is -2.43. The molecule has 2 amide bonds. The van der Waals surface area contributed by atoms with Gasteiger partial charge in [-0.25, -0.2) is 0 Å². The van der Waals surface area contributed by atoms with E-state index in [2.05, 4.69) is 30.8 Å². The van der Waals surface area contributed by atoms with E-state index in [-0.39, 0.29) is 35.9 Å². The summed E-state index contributed by atoms with van der Waals surface area (Å²) in [6.07, 6.45) is 2.11. The van der Waals surface area contributed by atoms with Crippen molar-refractivity contribution in [3.05, 3.63) is 35.4 Å². The van der Waals surface area contributed by atoms with Gasteiger partial charge in [-0.2, -0.15) is 0 Å². The van der Waals surface area contributed by atoms with E-state index in [1.54, 1.807) is 18.2 Å². The number of fused-ring (bicyclic) bond motifs is 1. The van der Waals surface area contributed by atoms with Crippen LogP contribution < -0.4 is 20.3 Å². The van der Waals surface area contributed by atoms with Crippen LogP contribution >= 0.6 is 0 Å². The molecule has 0 saturated heterocycles. The van der Waals surface area contributed by atoms with E-state index in [1.807, 2.05) is 13.8 Å². The molecular weight excluding hydrogens is 308 g/mol. The number of nitrogens with one attached hydrogen (secondary N) is 2. The molecule has 1 aromatic rings. The summed E-state index contributed by atoms with van der Waals surface area (Å²) in [5.74, 6) is 0.644. The van der Waals surface area contributed by atoms with Crippen LogP contribution in [-0.4, -0.2) is 18.6 Å². The molecule has 24 heavy (non-hydrogen) atoms. The minimum absolute atomic E-state index is 0.0924. The van der Waals surface area contributed by atoms with Gasteiger partial charge in [0.1, 0.15) is 0 Å². The first-order valence-electron chi connectivity index (χ1n) is 7.95. The maximum absolute atomic E-state index is 12.3. The minimum Gasteiger partial charge on any atom is -0.454 e. The highest BCUT2D eigenvalue weighted by Crippen LogP contribution is 2.59. The van der Waals surface area contributed by atoms with E-state index in [0.717, 1.165) is 0 Å². The van der Waals surface area contributed by atoms with Crippen molar-refractivity contribution in [1.29, 1.82) is 0 Å². The lowest BCUT2D eigenvalue weighted by Gasteiger charge is -2.08. The molecule has 0 aromatic heterocycles. The van der Waals surface area contributed by atoms with Gasteiger partial charge in [0, 0.05) is 5.56 Å². The second kappa shape index (κ2) is 5.85. The van der Waals surface area contributed by atoms with Gasteiger partial charge in [0.25, 0.3) is 5.91 Å². The molecule has 0 radical (unpaired) electrons. The Morgan fingerprint density at radius 1 is 1.17 bits per heavy atom. The summed E-state index contributed by atoms with van der Waals surface area (Å²) in [7, 11) is 0. The Hall–Kier alpha value is -2.50. The highest BCUT2D eigenvalue weighted by atomic mass is 16.7. The lowest BCUT2D eigenvalue weighted by molar-refractivity contribution is -0.123. The average molecular weight is 330 g/mol. The van der Waals surface area contributed by atoms with Crippen LogP contribution in [0.15, 0.2) is 29.8 Å². The Morgan fingerprint density at radius 2 is 1.88 bits per heavy atom. The number of carbonyl (C=O) groups is 2. The van der Waals surface area contributed by atoms with Gasteiger partial charge in [-0.1, -0.05) is 25.5 Å². The number of hydrogen-bond acceptors (Lipinski definition) is 4. The summed E-state index contributed by atoms with van der Waals surface area (Å²) in [5, 5.41) is 0. The molecule has 2 aliphatic rings. The van der Waals surface area contributed by atoms with Crippen LogP contribution in [0.4, 0.5) is 0 Å². The Morgan fingerprint density at radius 3 is 2.58 bits per heavy atom. The Kier molecular flexibility index (Phi) is 3.99. The Balaban J connectivity index is 1.59. The lowest BCUT2D eigenvalue weighted by atomic mass is 10.1. The first-order chi connectivity index (χ1) is 11.3. The SMILES string of the molecule is CC(C)=CC1C(C(=O)NNC(=O)c2ccc3c(c2)OCO3)C1(C)C. The second-order valence-electron chi connectivity index (χ2n) is 7.08. The third-order valence-corrected chi connectivity index (χ3v) is 4.64. The molecule has 6 heteroatoms. The highest BCUT2D eigenvalue weighted by Gasteiger charge is 2.60. The second-order valence-corrected chi connectivity index (χ2v) is 7.08. The summed E-state index contributed by atoms with van der Waals surface area (Å²) in [5.41, 5.74) is 6.49. The zero-order valence-corrected chi connectivity index (χ0v) is 14.3. The third kappa shape index (κ3) is 2.96. The van der Waals surface area contributed by atoms with Crippen molar-refractivity contribution in [1.82, 2.24) is 10.9 Å². The van der Waals surface area contributed by atoms with Crippen molar-refractivity contribution >= 4 is 11.8 Å². The van der Waals surface area contributed by atoms with Gasteiger partial charge in [0.05, 0.1) is 5.92 Å². The molecule has 2 unspecified atom stereocenters. The smallest absolute Gasteiger partial charge is 0.269 e. The number of ether oxygens (including phenoxy) is 2. The Labute approximate surface area is 141 Å². The van der Waals surface area contributed by atoms with Gasteiger partial charge in [0.15, 0.2) is 11.5 Å². The summed E-state index contributed by atoms with van der Waals surface area (Å²) in [4.78, 5) is 24.5. The topological polar surface area (TPSA) is 76.7 Å². The maximum atomic E-state index is 12.3. The van der Waals surface area contributed by atoms with Gasteiger partial charge in [-0.05, 0) is 43.4 Å². The zero-order chi connectivity index (χ0) is 17.5. The van der Waals surface area contributed by atoms with Crippen LogP contribution in [0.25, 0.3) is 0 Å². The molecule has 1 heterocycles. The van der Waals surface area contributed by atoms with Crippen molar-refractivity contribution in [2.75, 3.05) is 6.79 Å².